The second kappa shape index (κ2) is 5.98. The van der Waals surface area contributed by atoms with Gasteiger partial charge in [0.15, 0.2) is 11.6 Å². The zero-order valence-corrected chi connectivity index (χ0v) is 10.2. The predicted molar refractivity (Wildman–Crippen MR) is 66.9 cm³/mol. The fraction of sp³-hybridized carbons (Fsp3) is 0.0769. The summed E-state index contributed by atoms with van der Waals surface area (Å²) in [5.74, 6) is -3.20. The van der Waals surface area contributed by atoms with Crippen molar-refractivity contribution in [2.75, 3.05) is 0 Å². The molecule has 0 amide bonds. The molecule has 0 unspecified atom stereocenters. The fourth-order valence-electron chi connectivity index (χ4n) is 1.64. The summed E-state index contributed by atoms with van der Waals surface area (Å²) in [5.41, 5.74) is 0.0731. The molecule has 0 aromatic heterocycles. The Kier molecular flexibility index (Phi) is 4.31. The van der Waals surface area contributed by atoms with Crippen molar-refractivity contribution in [1.29, 1.82) is 0 Å². The van der Waals surface area contributed by atoms with Gasteiger partial charge in [0.2, 0.25) is 5.82 Å². The van der Waals surface area contributed by atoms with Crippen LogP contribution in [0.2, 0.25) is 0 Å². The molecule has 0 heterocycles. The monoisotopic (exact) mass is 282 g/mol. The summed E-state index contributed by atoms with van der Waals surface area (Å²) in [4.78, 5) is 0. The van der Waals surface area contributed by atoms with Crippen LogP contribution >= 0.6 is 0 Å². The predicted octanol–water partition coefficient (Wildman–Crippen LogP) is 1.36. The molecule has 0 aliphatic rings. The molecule has 3 nitrogen and oxygen atoms in total. The fourth-order valence-corrected chi connectivity index (χ4v) is 1.64. The largest absolute Gasteiger partial charge is 0.491 e. The molecule has 0 radical (unpaired) electrons. The van der Waals surface area contributed by atoms with E-state index in [1.54, 1.807) is 0 Å². The minimum atomic E-state index is -1.96. The number of hydrogen-bond donors (Lipinski definition) is 2. The number of rotatable bonds is 4. The van der Waals surface area contributed by atoms with Crippen LogP contribution < -0.4 is 10.2 Å². The van der Waals surface area contributed by atoms with Gasteiger partial charge in [-0.05, 0) is 23.8 Å². The van der Waals surface area contributed by atoms with E-state index < -0.39 is 24.6 Å². The Morgan fingerprint density at radius 3 is 2.45 bits per heavy atom. The molecule has 0 atom stereocenters. The molecule has 104 valence electrons. The van der Waals surface area contributed by atoms with Gasteiger partial charge in [0.25, 0.3) is 0 Å². The van der Waals surface area contributed by atoms with Gasteiger partial charge in [0.05, 0.1) is 0 Å². The van der Waals surface area contributed by atoms with Crippen molar-refractivity contribution < 1.29 is 28.0 Å². The highest BCUT2D eigenvalue weighted by atomic mass is 19.2. The van der Waals surface area contributed by atoms with Crippen molar-refractivity contribution in [1.82, 2.24) is 0 Å². The smallest absolute Gasteiger partial charge is 0.486 e. The molecular weight excluding hydrogens is 272 g/mol. The summed E-state index contributed by atoms with van der Waals surface area (Å²) >= 11 is 0. The molecule has 2 aromatic rings. The van der Waals surface area contributed by atoms with Crippen LogP contribution in [-0.4, -0.2) is 17.2 Å². The van der Waals surface area contributed by atoms with E-state index in [9.17, 15) is 13.2 Å². The first-order valence-electron chi connectivity index (χ1n) is 5.70. The molecular formula is C13H10BF3O3. The van der Waals surface area contributed by atoms with E-state index in [0.717, 1.165) is 12.1 Å². The van der Waals surface area contributed by atoms with Crippen molar-refractivity contribution in [3.05, 3.63) is 59.4 Å². The van der Waals surface area contributed by atoms with E-state index in [-0.39, 0.29) is 17.8 Å². The Morgan fingerprint density at radius 1 is 1.00 bits per heavy atom. The first-order valence-corrected chi connectivity index (χ1v) is 5.70. The van der Waals surface area contributed by atoms with E-state index in [4.69, 9.17) is 14.8 Å². The molecule has 0 saturated heterocycles. The van der Waals surface area contributed by atoms with E-state index >= 15 is 0 Å². The Balaban J connectivity index is 2.15. The Morgan fingerprint density at radius 2 is 1.75 bits per heavy atom. The summed E-state index contributed by atoms with van der Waals surface area (Å²) in [6, 6.07) is 7.07. The van der Waals surface area contributed by atoms with Gasteiger partial charge in [0.1, 0.15) is 12.4 Å². The quantitative estimate of drug-likeness (QED) is 0.832. The van der Waals surface area contributed by atoms with Crippen molar-refractivity contribution in [2.24, 2.45) is 0 Å². The third-order valence-electron chi connectivity index (χ3n) is 2.65. The maximum Gasteiger partial charge on any atom is 0.491 e. The van der Waals surface area contributed by atoms with Crippen molar-refractivity contribution in [2.45, 2.75) is 6.61 Å². The third-order valence-corrected chi connectivity index (χ3v) is 2.65. The SMILES string of the molecule is OB(O)c1cc(COc2cccc(F)c2F)ccc1F. The zero-order chi connectivity index (χ0) is 14.7. The van der Waals surface area contributed by atoms with E-state index in [2.05, 4.69) is 0 Å². The molecule has 2 N–H and O–H groups in total. The van der Waals surface area contributed by atoms with Gasteiger partial charge in [-0.3, -0.25) is 0 Å². The molecule has 0 aliphatic carbocycles. The average molecular weight is 282 g/mol. The van der Waals surface area contributed by atoms with Crippen LogP contribution in [0.25, 0.3) is 0 Å². The van der Waals surface area contributed by atoms with Crippen LogP contribution in [0.5, 0.6) is 5.75 Å². The molecule has 0 fully saturated rings. The molecule has 0 aliphatic heterocycles. The highest BCUT2D eigenvalue weighted by molar-refractivity contribution is 6.58. The van der Waals surface area contributed by atoms with Gasteiger partial charge in [-0.15, -0.1) is 0 Å². The highest BCUT2D eigenvalue weighted by Gasteiger charge is 2.17. The minimum absolute atomic E-state index is 0.166. The summed E-state index contributed by atoms with van der Waals surface area (Å²) < 4.78 is 44.6. The second-order valence-corrected chi connectivity index (χ2v) is 4.07. The van der Waals surface area contributed by atoms with Gasteiger partial charge in [0, 0.05) is 5.46 Å². The van der Waals surface area contributed by atoms with Gasteiger partial charge in [-0.25, -0.2) is 8.78 Å². The van der Waals surface area contributed by atoms with Crippen LogP contribution in [0.4, 0.5) is 13.2 Å². The summed E-state index contributed by atoms with van der Waals surface area (Å²) in [6.45, 7) is -0.166. The lowest BCUT2D eigenvalue weighted by molar-refractivity contribution is 0.284. The van der Waals surface area contributed by atoms with Crippen LogP contribution in [0.1, 0.15) is 5.56 Å². The summed E-state index contributed by atoms with van der Waals surface area (Å²) in [7, 11) is -1.96. The number of ether oxygens (including phenoxy) is 1. The van der Waals surface area contributed by atoms with Crippen LogP contribution in [0.15, 0.2) is 36.4 Å². The van der Waals surface area contributed by atoms with Gasteiger partial charge < -0.3 is 14.8 Å². The highest BCUT2D eigenvalue weighted by Crippen LogP contribution is 2.20. The van der Waals surface area contributed by atoms with Crippen molar-refractivity contribution >= 4 is 12.6 Å². The maximum absolute atomic E-state index is 13.3. The maximum atomic E-state index is 13.3. The Bertz CT molecular complexity index is 620. The topological polar surface area (TPSA) is 49.7 Å². The number of halogens is 3. The lowest BCUT2D eigenvalue weighted by Gasteiger charge is -2.09. The van der Waals surface area contributed by atoms with Crippen LogP contribution in [0, 0.1) is 17.5 Å². The van der Waals surface area contributed by atoms with Gasteiger partial charge in [-0.1, -0.05) is 18.2 Å². The third kappa shape index (κ3) is 3.12. The Hall–Kier alpha value is -1.99. The average Bonchev–Trinajstić information content (AvgIpc) is 2.41. The van der Waals surface area contributed by atoms with E-state index in [1.165, 1.54) is 24.3 Å². The standard InChI is InChI=1S/C13H10BF3O3/c15-10-5-4-8(6-9(10)14(18)19)7-20-12-3-1-2-11(16)13(12)17/h1-6,18-19H,7H2. The zero-order valence-electron chi connectivity index (χ0n) is 10.2. The summed E-state index contributed by atoms with van der Waals surface area (Å²) in [6.07, 6.45) is 0. The van der Waals surface area contributed by atoms with E-state index in [0.29, 0.717) is 5.56 Å². The lowest BCUT2D eigenvalue weighted by Crippen LogP contribution is -2.33. The minimum Gasteiger partial charge on any atom is -0.486 e. The van der Waals surface area contributed by atoms with E-state index in [1.807, 2.05) is 0 Å². The van der Waals surface area contributed by atoms with Crippen molar-refractivity contribution in [3.8, 4) is 5.75 Å². The number of benzene rings is 2. The van der Waals surface area contributed by atoms with Gasteiger partial charge >= 0.3 is 7.12 Å². The Labute approximate surface area is 113 Å². The first-order chi connectivity index (χ1) is 9.49. The molecule has 7 heteroatoms. The molecule has 0 saturated carbocycles. The first kappa shape index (κ1) is 14.4. The van der Waals surface area contributed by atoms with Crippen molar-refractivity contribution in [3.63, 3.8) is 0 Å². The normalized spacial score (nSPS) is 10.4. The lowest BCUT2D eigenvalue weighted by atomic mass is 9.79. The van der Waals surface area contributed by atoms with Crippen LogP contribution in [0.3, 0.4) is 0 Å². The summed E-state index contributed by atoms with van der Waals surface area (Å²) in [5, 5.41) is 17.9. The molecule has 2 aromatic carbocycles. The van der Waals surface area contributed by atoms with Crippen LogP contribution in [-0.2, 0) is 6.61 Å². The number of hydrogen-bond acceptors (Lipinski definition) is 3. The molecule has 0 bridgehead atoms. The molecule has 0 spiro atoms. The molecule has 2 rings (SSSR count). The second-order valence-electron chi connectivity index (χ2n) is 4.07. The van der Waals surface area contributed by atoms with Gasteiger partial charge in [-0.2, -0.15) is 4.39 Å². The molecule has 20 heavy (non-hydrogen) atoms.